The zero-order valence-corrected chi connectivity index (χ0v) is 11.0. The van der Waals surface area contributed by atoms with Gasteiger partial charge in [0.15, 0.2) is 6.10 Å². The number of rotatable bonds is 12. The van der Waals surface area contributed by atoms with Crippen LogP contribution in [-0.4, -0.2) is 49.2 Å². The molecule has 18 heavy (non-hydrogen) atoms. The van der Waals surface area contributed by atoms with Gasteiger partial charge in [-0.3, -0.25) is 0 Å². The summed E-state index contributed by atoms with van der Waals surface area (Å²) in [5.74, 6) is -1.17. The fourth-order valence-electron chi connectivity index (χ4n) is 1.33. The van der Waals surface area contributed by atoms with Crippen LogP contribution >= 0.6 is 0 Å². The highest BCUT2D eigenvalue weighted by molar-refractivity contribution is 5.72. The van der Waals surface area contributed by atoms with E-state index in [4.69, 9.17) is 19.7 Å². The normalized spacial score (nSPS) is 13.0. The van der Waals surface area contributed by atoms with Gasteiger partial charge in [0, 0.05) is 20.1 Å². The van der Waals surface area contributed by atoms with Gasteiger partial charge in [0.1, 0.15) is 0 Å². The number of ether oxygens (including phenoxy) is 2. The molecule has 0 saturated heterocycles. The summed E-state index contributed by atoms with van der Waals surface area (Å²) < 4.78 is 10.2. The monoisotopic (exact) mass is 260 g/mol. The Kier molecular flexibility index (Phi) is 11.9. The minimum absolute atomic E-state index is 0.176. The van der Waals surface area contributed by atoms with Gasteiger partial charge in [-0.15, -0.1) is 0 Å². The lowest BCUT2D eigenvalue weighted by Gasteiger charge is -2.02. The summed E-state index contributed by atoms with van der Waals surface area (Å²) in [7, 11) is 1.65. The fourth-order valence-corrected chi connectivity index (χ4v) is 1.33. The lowest BCUT2D eigenvalue weighted by Crippen LogP contribution is -2.17. The average molecular weight is 260 g/mol. The molecule has 2 N–H and O–H groups in total. The Labute approximate surface area is 108 Å². The number of methoxy groups -OCH3 is 1. The van der Waals surface area contributed by atoms with Crippen molar-refractivity contribution in [1.29, 1.82) is 0 Å². The quantitative estimate of drug-likeness (QED) is 0.412. The molecule has 0 aromatic heterocycles. The zero-order chi connectivity index (χ0) is 13.6. The maximum atomic E-state index is 10.3. The van der Waals surface area contributed by atoms with E-state index in [0.717, 1.165) is 32.3 Å². The first-order valence-electron chi connectivity index (χ1n) is 6.31. The number of unbranched alkanes of at least 4 members (excludes halogenated alkanes) is 3. The lowest BCUT2D eigenvalue weighted by molar-refractivity contribution is -0.146. The maximum Gasteiger partial charge on any atom is 0.332 e. The molecule has 0 fully saturated rings. The highest BCUT2D eigenvalue weighted by atomic mass is 16.5. The van der Waals surface area contributed by atoms with E-state index in [1.165, 1.54) is 0 Å². The predicted octanol–water partition coefficient (Wildman–Crippen LogP) is 1.60. The summed E-state index contributed by atoms with van der Waals surface area (Å²) in [4.78, 5) is 10.3. The van der Waals surface area contributed by atoms with E-state index in [1.807, 2.05) is 6.08 Å². The SMILES string of the molecule is COCCOCCCCCC=CCC(O)C(=O)O. The molecule has 0 bridgehead atoms. The van der Waals surface area contributed by atoms with Crippen LogP contribution in [0.1, 0.15) is 32.1 Å². The van der Waals surface area contributed by atoms with Gasteiger partial charge in [0.25, 0.3) is 0 Å². The molecule has 0 saturated carbocycles. The first kappa shape index (κ1) is 17.1. The van der Waals surface area contributed by atoms with Crippen molar-refractivity contribution in [1.82, 2.24) is 0 Å². The van der Waals surface area contributed by atoms with Gasteiger partial charge in [-0.1, -0.05) is 18.6 Å². The van der Waals surface area contributed by atoms with Gasteiger partial charge >= 0.3 is 5.97 Å². The second-order valence-electron chi connectivity index (χ2n) is 4.02. The van der Waals surface area contributed by atoms with Gasteiger partial charge < -0.3 is 19.7 Å². The number of carboxylic acid groups (broad SMARTS) is 1. The van der Waals surface area contributed by atoms with Crippen LogP contribution in [0.25, 0.3) is 0 Å². The number of hydrogen-bond donors (Lipinski definition) is 2. The number of allylic oxidation sites excluding steroid dienone is 1. The predicted molar refractivity (Wildman–Crippen MR) is 68.6 cm³/mol. The van der Waals surface area contributed by atoms with Crippen LogP contribution in [0.5, 0.6) is 0 Å². The lowest BCUT2D eigenvalue weighted by atomic mass is 10.1. The van der Waals surface area contributed by atoms with Crippen LogP contribution in [0.3, 0.4) is 0 Å². The zero-order valence-electron chi connectivity index (χ0n) is 11.0. The molecule has 0 aliphatic rings. The Morgan fingerprint density at radius 3 is 2.61 bits per heavy atom. The third-order valence-corrected chi connectivity index (χ3v) is 2.40. The van der Waals surface area contributed by atoms with Crippen molar-refractivity contribution in [2.75, 3.05) is 26.9 Å². The van der Waals surface area contributed by atoms with E-state index in [2.05, 4.69) is 0 Å². The summed E-state index contributed by atoms with van der Waals surface area (Å²) in [6.07, 6.45) is 6.59. The molecule has 0 aromatic rings. The number of aliphatic hydroxyl groups is 1. The molecule has 0 radical (unpaired) electrons. The van der Waals surface area contributed by atoms with Crippen LogP contribution in [0.15, 0.2) is 12.2 Å². The van der Waals surface area contributed by atoms with Gasteiger partial charge in [-0.2, -0.15) is 0 Å². The summed E-state index contributed by atoms with van der Waals surface area (Å²) in [6.45, 7) is 2.03. The molecule has 0 amide bonds. The van der Waals surface area contributed by atoms with Crippen molar-refractivity contribution in [3.8, 4) is 0 Å². The van der Waals surface area contributed by atoms with Crippen molar-refractivity contribution in [3.05, 3.63) is 12.2 Å². The smallest absolute Gasteiger partial charge is 0.332 e. The standard InChI is InChI=1S/C13H24O5/c1-17-10-11-18-9-7-5-3-2-4-6-8-12(14)13(15)16/h4,6,12,14H,2-3,5,7-11H2,1H3,(H,15,16). The van der Waals surface area contributed by atoms with Crippen LogP contribution in [0, 0.1) is 0 Å². The molecule has 1 atom stereocenters. The Bertz CT molecular complexity index is 227. The van der Waals surface area contributed by atoms with Crippen LogP contribution in [0.4, 0.5) is 0 Å². The third-order valence-electron chi connectivity index (χ3n) is 2.40. The number of hydrogen-bond acceptors (Lipinski definition) is 4. The molecule has 0 aliphatic heterocycles. The van der Waals surface area contributed by atoms with E-state index >= 15 is 0 Å². The van der Waals surface area contributed by atoms with Gasteiger partial charge in [0.05, 0.1) is 13.2 Å². The summed E-state index contributed by atoms with van der Waals surface area (Å²) in [6, 6.07) is 0. The highest BCUT2D eigenvalue weighted by Gasteiger charge is 2.09. The first-order chi connectivity index (χ1) is 8.68. The molecule has 0 aromatic carbocycles. The second kappa shape index (κ2) is 12.5. The Hall–Kier alpha value is -0.910. The summed E-state index contributed by atoms with van der Waals surface area (Å²) in [5.41, 5.74) is 0. The van der Waals surface area contributed by atoms with E-state index in [9.17, 15) is 4.79 Å². The first-order valence-corrected chi connectivity index (χ1v) is 6.31. The van der Waals surface area contributed by atoms with E-state index in [1.54, 1.807) is 13.2 Å². The minimum atomic E-state index is -1.28. The van der Waals surface area contributed by atoms with E-state index < -0.39 is 12.1 Å². The topological polar surface area (TPSA) is 76.0 Å². The van der Waals surface area contributed by atoms with Crippen LogP contribution in [-0.2, 0) is 14.3 Å². The summed E-state index contributed by atoms with van der Waals surface area (Å²) >= 11 is 0. The number of carboxylic acids is 1. The molecule has 106 valence electrons. The Morgan fingerprint density at radius 1 is 1.17 bits per heavy atom. The number of carbonyl (C=O) groups is 1. The number of aliphatic carboxylic acids is 1. The van der Waals surface area contributed by atoms with Crippen molar-refractivity contribution >= 4 is 5.97 Å². The minimum Gasteiger partial charge on any atom is -0.479 e. The summed E-state index contributed by atoms with van der Waals surface area (Å²) in [5, 5.41) is 17.4. The molecular weight excluding hydrogens is 236 g/mol. The van der Waals surface area contributed by atoms with Gasteiger partial charge in [-0.25, -0.2) is 4.79 Å². The molecule has 5 nitrogen and oxygen atoms in total. The van der Waals surface area contributed by atoms with E-state index in [-0.39, 0.29) is 6.42 Å². The van der Waals surface area contributed by atoms with Crippen LogP contribution in [0.2, 0.25) is 0 Å². The molecule has 5 heteroatoms. The molecule has 0 spiro atoms. The van der Waals surface area contributed by atoms with Crippen molar-refractivity contribution in [2.45, 2.75) is 38.2 Å². The van der Waals surface area contributed by atoms with Crippen molar-refractivity contribution in [2.24, 2.45) is 0 Å². The van der Waals surface area contributed by atoms with E-state index in [0.29, 0.717) is 13.2 Å². The largest absolute Gasteiger partial charge is 0.479 e. The Balaban J connectivity index is 3.20. The maximum absolute atomic E-state index is 10.3. The molecule has 0 aliphatic carbocycles. The van der Waals surface area contributed by atoms with Gasteiger partial charge in [-0.05, 0) is 19.3 Å². The van der Waals surface area contributed by atoms with Crippen molar-refractivity contribution < 1.29 is 24.5 Å². The fraction of sp³-hybridized carbons (Fsp3) is 0.769. The molecule has 1 unspecified atom stereocenters. The third kappa shape index (κ3) is 11.6. The number of aliphatic hydroxyl groups excluding tert-OH is 1. The highest BCUT2D eigenvalue weighted by Crippen LogP contribution is 2.02. The second-order valence-corrected chi connectivity index (χ2v) is 4.02. The molecule has 0 heterocycles. The molecular formula is C13H24O5. The average Bonchev–Trinajstić information content (AvgIpc) is 2.35. The van der Waals surface area contributed by atoms with Gasteiger partial charge in [0.2, 0.25) is 0 Å². The van der Waals surface area contributed by atoms with Crippen LogP contribution < -0.4 is 0 Å². The van der Waals surface area contributed by atoms with Crippen molar-refractivity contribution in [3.63, 3.8) is 0 Å². The molecule has 0 rings (SSSR count). The Morgan fingerprint density at radius 2 is 1.94 bits per heavy atom.